The molecular weight excluding hydrogens is 480 g/mol. The lowest BCUT2D eigenvalue weighted by molar-refractivity contribution is -0.152. The molecule has 0 aromatic carbocycles. The normalized spacial score (nSPS) is 30.8. The van der Waals surface area contributed by atoms with Gasteiger partial charge < -0.3 is 21.5 Å². The molecule has 4 aliphatic rings. The monoisotopic (exact) mass is 518 g/mol. The second-order valence-corrected chi connectivity index (χ2v) is 11.8. The number of rotatable bonds is 6. The van der Waals surface area contributed by atoms with Crippen molar-refractivity contribution in [2.75, 3.05) is 20.1 Å². The van der Waals surface area contributed by atoms with E-state index in [9.17, 15) is 29.1 Å². The molecule has 0 bridgehead atoms. The fourth-order valence-corrected chi connectivity index (χ4v) is 6.58. The summed E-state index contributed by atoms with van der Waals surface area (Å²) >= 11 is 0. The Morgan fingerprint density at radius 3 is 2.14 bits per heavy atom. The summed E-state index contributed by atoms with van der Waals surface area (Å²) < 4.78 is 0. The molecule has 5 N–H and O–H groups in total. The average Bonchev–Trinajstić information content (AvgIpc) is 2.95. The number of hydrogen-bond acceptors (Lipinski definition) is 8. The highest BCUT2D eigenvalue weighted by atomic mass is 16.3. The lowest BCUT2D eigenvalue weighted by atomic mass is 9.51. The maximum atomic E-state index is 13.2. The Morgan fingerprint density at radius 2 is 1.62 bits per heavy atom. The topological polar surface area (TPSA) is 171 Å². The van der Waals surface area contributed by atoms with Gasteiger partial charge in [-0.2, -0.15) is 0 Å². The van der Waals surface area contributed by atoms with Gasteiger partial charge in [0.15, 0.2) is 0 Å². The van der Waals surface area contributed by atoms with Gasteiger partial charge in [0, 0.05) is 19.6 Å². The van der Waals surface area contributed by atoms with Crippen molar-refractivity contribution >= 4 is 29.8 Å². The van der Waals surface area contributed by atoms with Gasteiger partial charge in [-0.1, -0.05) is 13.3 Å². The Morgan fingerprint density at radius 1 is 1.03 bits per heavy atom. The van der Waals surface area contributed by atoms with Crippen LogP contribution in [0.5, 0.6) is 0 Å². The van der Waals surface area contributed by atoms with E-state index in [4.69, 9.17) is 11.5 Å². The molecule has 0 radical (unpaired) electrons. The second kappa shape index (κ2) is 9.00. The molecule has 204 valence electrons. The van der Waals surface area contributed by atoms with E-state index in [0.29, 0.717) is 44.9 Å². The Labute approximate surface area is 216 Å². The lowest BCUT2D eigenvalue weighted by Crippen LogP contribution is -2.66. The summed E-state index contributed by atoms with van der Waals surface area (Å²) in [6.07, 6.45) is 4.61. The van der Waals surface area contributed by atoms with E-state index in [0.717, 1.165) is 21.1 Å². The predicted octanol–water partition coefficient (Wildman–Crippen LogP) is 0.833. The van der Waals surface area contributed by atoms with Crippen LogP contribution in [0.15, 0.2) is 11.4 Å². The second-order valence-electron chi connectivity index (χ2n) is 11.8. The quantitative estimate of drug-likeness (QED) is 0.264. The Hall–Kier alpha value is -3.15. The number of unbranched alkanes of at least 4 members (excludes halogenated alkanes) is 1. The third-order valence-electron chi connectivity index (χ3n) is 8.35. The number of imide groups is 3. The summed E-state index contributed by atoms with van der Waals surface area (Å²) in [4.78, 5) is 69.9. The molecule has 2 aliphatic carbocycles. The van der Waals surface area contributed by atoms with Crippen molar-refractivity contribution in [1.29, 1.82) is 0 Å². The molecule has 0 atom stereocenters. The van der Waals surface area contributed by atoms with Crippen LogP contribution >= 0.6 is 0 Å². The van der Waals surface area contributed by atoms with Crippen LogP contribution < -0.4 is 11.5 Å². The molecule has 2 saturated carbocycles. The Bertz CT molecular complexity index is 1060. The smallest absolute Gasteiger partial charge is 0.334 e. The molecule has 0 aromatic rings. The number of amides is 7. The summed E-state index contributed by atoms with van der Waals surface area (Å²) in [5.74, 6) is -2.17. The molecule has 37 heavy (non-hydrogen) atoms. The Kier molecular flexibility index (Phi) is 6.54. The SMILES string of the molecule is CCCCN1C(=O)C(=C(N)N)C(=O)N(C2CCC3(CC2)CC2(C3)C(=O)N(C)C(=O)N2CC(C)(C)O)C1=O. The number of nitrogens with zero attached hydrogens (tertiary/aromatic N) is 4. The number of hydrogen-bond donors (Lipinski definition) is 3. The van der Waals surface area contributed by atoms with Crippen molar-refractivity contribution in [2.24, 2.45) is 16.9 Å². The Balaban J connectivity index is 1.50. The molecule has 12 heteroatoms. The third-order valence-corrected chi connectivity index (χ3v) is 8.35. The van der Waals surface area contributed by atoms with Crippen molar-refractivity contribution in [1.82, 2.24) is 19.6 Å². The molecular formula is C25H38N6O6. The van der Waals surface area contributed by atoms with Crippen LogP contribution in [0, 0.1) is 5.41 Å². The first-order valence-electron chi connectivity index (χ1n) is 12.9. The van der Waals surface area contributed by atoms with Gasteiger partial charge in [0.2, 0.25) is 0 Å². The van der Waals surface area contributed by atoms with Crippen molar-refractivity contribution in [3.63, 3.8) is 0 Å². The number of barbiturate groups is 1. The van der Waals surface area contributed by atoms with Gasteiger partial charge in [-0.05, 0) is 64.2 Å². The van der Waals surface area contributed by atoms with Crippen LogP contribution in [0.3, 0.4) is 0 Å². The maximum Gasteiger partial charge on any atom is 0.334 e. The molecule has 2 spiro atoms. The summed E-state index contributed by atoms with van der Waals surface area (Å²) in [6.45, 7) is 5.37. The molecule has 4 rings (SSSR count). The fourth-order valence-electron chi connectivity index (χ4n) is 6.58. The van der Waals surface area contributed by atoms with E-state index in [-0.39, 0.29) is 30.0 Å². The molecule has 7 amide bonds. The van der Waals surface area contributed by atoms with Gasteiger partial charge in [-0.15, -0.1) is 0 Å². The molecule has 0 aromatic heterocycles. The van der Waals surface area contributed by atoms with E-state index in [2.05, 4.69) is 0 Å². The highest BCUT2D eigenvalue weighted by molar-refractivity contribution is 6.29. The van der Waals surface area contributed by atoms with Gasteiger partial charge in [0.1, 0.15) is 16.9 Å². The van der Waals surface area contributed by atoms with Crippen LogP contribution in [0.4, 0.5) is 9.59 Å². The minimum absolute atomic E-state index is 0.0502. The number of aliphatic hydroxyl groups is 1. The first-order valence-corrected chi connectivity index (χ1v) is 12.9. The zero-order chi connectivity index (χ0) is 27.5. The average molecular weight is 519 g/mol. The summed E-state index contributed by atoms with van der Waals surface area (Å²) in [5.41, 5.74) is 8.66. The molecule has 2 saturated heterocycles. The van der Waals surface area contributed by atoms with Crippen molar-refractivity contribution in [3.8, 4) is 0 Å². The zero-order valence-electron chi connectivity index (χ0n) is 22.1. The summed E-state index contributed by atoms with van der Waals surface area (Å²) in [5, 5.41) is 10.4. The number of carbonyl (C=O) groups is 5. The fraction of sp³-hybridized carbons (Fsp3) is 0.720. The van der Waals surface area contributed by atoms with E-state index in [1.165, 1.54) is 11.9 Å². The summed E-state index contributed by atoms with van der Waals surface area (Å²) in [7, 11) is 1.46. The van der Waals surface area contributed by atoms with Gasteiger partial charge in [0.05, 0.1) is 12.1 Å². The standard InChI is InChI=1S/C25H38N6O6/c1-5-6-11-29-18(32)16(17(26)27)19(33)31(22(29)36)15-7-9-24(10-8-15)12-25(13-24)20(34)28(4)21(35)30(25)14-23(2,3)37/h15,37H,5-14,26-27H2,1-4H3. The number of urea groups is 2. The third kappa shape index (κ3) is 4.24. The highest BCUT2D eigenvalue weighted by Gasteiger charge is 2.68. The van der Waals surface area contributed by atoms with Gasteiger partial charge in [0.25, 0.3) is 17.7 Å². The highest BCUT2D eigenvalue weighted by Crippen LogP contribution is 2.61. The van der Waals surface area contributed by atoms with Crippen molar-refractivity contribution in [2.45, 2.75) is 89.3 Å². The molecule has 2 aliphatic heterocycles. The summed E-state index contributed by atoms with van der Waals surface area (Å²) in [6, 6.07) is -1.48. The van der Waals surface area contributed by atoms with E-state index >= 15 is 0 Å². The van der Waals surface area contributed by atoms with E-state index < -0.39 is 46.9 Å². The van der Waals surface area contributed by atoms with Gasteiger partial charge in [-0.3, -0.25) is 29.1 Å². The van der Waals surface area contributed by atoms with Crippen LogP contribution in [-0.2, 0) is 14.4 Å². The van der Waals surface area contributed by atoms with Crippen molar-refractivity contribution in [3.05, 3.63) is 11.4 Å². The minimum atomic E-state index is -1.15. The number of likely N-dealkylation sites (N-methyl/N-ethyl adjacent to an activating group) is 1. The van der Waals surface area contributed by atoms with Gasteiger partial charge >= 0.3 is 12.1 Å². The maximum absolute atomic E-state index is 13.2. The number of β-amino-alcohol motifs (C(OH)–C–C–N with tert-alkyl or cyclic N) is 1. The predicted molar refractivity (Wildman–Crippen MR) is 132 cm³/mol. The van der Waals surface area contributed by atoms with Crippen LogP contribution in [-0.4, -0.2) is 91.8 Å². The minimum Gasteiger partial charge on any atom is -0.389 e. The zero-order valence-corrected chi connectivity index (χ0v) is 22.1. The van der Waals surface area contributed by atoms with E-state index in [1.807, 2.05) is 6.92 Å². The largest absolute Gasteiger partial charge is 0.389 e. The van der Waals surface area contributed by atoms with E-state index in [1.54, 1.807) is 13.8 Å². The lowest BCUT2D eigenvalue weighted by Gasteiger charge is -2.59. The van der Waals surface area contributed by atoms with Crippen molar-refractivity contribution < 1.29 is 29.1 Å². The molecule has 4 fully saturated rings. The first-order chi connectivity index (χ1) is 17.2. The van der Waals surface area contributed by atoms with Crippen LogP contribution in [0.1, 0.15) is 72.1 Å². The number of nitrogens with two attached hydrogens (primary N) is 2. The molecule has 2 heterocycles. The van der Waals surface area contributed by atoms with Crippen LogP contribution in [0.25, 0.3) is 0 Å². The first kappa shape index (κ1) is 26.9. The molecule has 12 nitrogen and oxygen atoms in total. The molecule has 0 unspecified atom stereocenters. The number of carbonyl (C=O) groups excluding carboxylic acids is 5. The van der Waals surface area contributed by atoms with Gasteiger partial charge in [-0.25, -0.2) is 9.59 Å². The van der Waals surface area contributed by atoms with Crippen LogP contribution in [0.2, 0.25) is 0 Å².